The molecule has 0 aliphatic heterocycles. The molecule has 0 saturated carbocycles. The van der Waals surface area contributed by atoms with Gasteiger partial charge in [-0.25, -0.2) is 21.2 Å². The average Bonchev–Trinajstić information content (AvgIpc) is 3.05. The van der Waals surface area contributed by atoms with Crippen LogP contribution in [0.5, 0.6) is 0 Å². The Morgan fingerprint density at radius 3 is 1.49 bits per heavy atom. The maximum atomic E-state index is 18.2. The molecule has 6 aromatic carbocycles. The fourth-order valence-corrected chi connectivity index (χ4v) is 9.85. The predicted molar refractivity (Wildman–Crippen MR) is 171 cm³/mol. The standard InChI is InChI=1S/C36H27FO4S2/c37-36(42(38,39)33-15-3-1-4-16-33,43(40,41)34-17-5-2-6-18-34)35(32-23-22-29-12-8-10-14-31(29)26-32)24-20-27-19-21-28-11-7-9-13-30(28)25-27/h1-26,35H/b24-20+/t35-/m1/s1. The lowest BCUT2D eigenvalue weighted by atomic mass is 9.95. The third kappa shape index (κ3) is 5.05. The number of benzene rings is 6. The van der Waals surface area contributed by atoms with Gasteiger partial charge in [0.15, 0.2) is 0 Å². The highest BCUT2D eigenvalue weighted by atomic mass is 32.3. The van der Waals surface area contributed by atoms with Gasteiger partial charge in [-0.15, -0.1) is 0 Å². The van der Waals surface area contributed by atoms with E-state index in [0.717, 1.165) is 21.5 Å². The number of hydrogen-bond acceptors (Lipinski definition) is 4. The van der Waals surface area contributed by atoms with Crippen molar-refractivity contribution < 1.29 is 21.2 Å². The molecule has 4 nitrogen and oxygen atoms in total. The van der Waals surface area contributed by atoms with Crippen molar-refractivity contribution in [3.63, 3.8) is 0 Å². The van der Waals surface area contributed by atoms with Gasteiger partial charge in [-0.3, -0.25) is 0 Å². The van der Waals surface area contributed by atoms with Crippen molar-refractivity contribution in [3.8, 4) is 0 Å². The van der Waals surface area contributed by atoms with E-state index in [9.17, 15) is 16.8 Å². The summed E-state index contributed by atoms with van der Waals surface area (Å²) in [5, 5.41) is 3.52. The van der Waals surface area contributed by atoms with Gasteiger partial charge in [0.1, 0.15) is 0 Å². The van der Waals surface area contributed by atoms with Crippen LogP contribution in [0.15, 0.2) is 161 Å². The highest BCUT2D eigenvalue weighted by Gasteiger charge is 2.62. The molecule has 0 aromatic heterocycles. The van der Waals surface area contributed by atoms with E-state index < -0.39 is 39.7 Å². The first-order valence-corrected chi connectivity index (χ1v) is 16.6. The van der Waals surface area contributed by atoms with Crippen LogP contribution in [0.2, 0.25) is 0 Å². The zero-order chi connectivity index (χ0) is 30.1. The highest BCUT2D eigenvalue weighted by molar-refractivity contribution is 8.10. The summed E-state index contributed by atoms with van der Waals surface area (Å²) in [6.07, 6.45) is 2.94. The minimum Gasteiger partial charge on any atom is -0.219 e. The zero-order valence-corrected chi connectivity index (χ0v) is 24.5. The second kappa shape index (κ2) is 11.2. The Bertz CT molecular complexity index is 2110. The molecule has 0 radical (unpaired) electrons. The molecule has 0 bridgehead atoms. The number of rotatable bonds is 8. The summed E-state index contributed by atoms with van der Waals surface area (Å²) in [6.45, 7) is 0. The molecular weight excluding hydrogens is 580 g/mol. The van der Waals surface area contributed by atoms with E-state index in [1.54, 1.807) is 36.4 Å². The molecule has 43 heavy (non-hydrogen) atoms. The molecule has 6 rings (SSSR count). The van der Waals surface area contributed by atoms with E-state index in [1.807, 2.05) is 66.7 Å². The second-order valence-electron chi connectivity index (χ2n) is 10.3. The molecule has 0 amide bonds. The Morgan fingerprint density at radius 2 is 0.953 bits per heavy atom. The van der Waals surface area contributed by atoms with Crippen LogP contribution in [-0.2, 0) is 19.7 Å². The summed E-state index contributed by atoms with van der Waals surface area (Å²) in [4.78, 5) is -0.858. The molecule has 214 valence electrons. The van der Waals surface area contributed by atoms with Gasteiger partial charge in [0, 0.05) is 0 Å². The summed E-state index contributed by atoms with van der Waals surface area (Å²) in [5.74, 6) is -1.74. The van der Waals surface area contributed by atoms with Crippen LogP contribution in [-0.4, -0.2) is 21.2 Å². The molecule has 7 heteroatoms. The van der Waals surface area contributed by atoms with Crippen molar-refractivity contribution in [1.29, 1.82) is 0 Å². The Morgan fingerprint density at radius 1 is 0.512 bits per heavy atom. The Balaban J connectivity index is 1.64. The fraction of sp³-hybridized carbons (Fsp3) is 0.0556. The maximum absolute atomic E-state index is 18.2. The lowest BCUT2D eigenvalue weighted by Crippen LogP contribution is -2.47. The van der Waals surface area contributed by atoms with E-state index in [2.05, 4.69) is 0 Å². The van der Waals surface area contributed by atoms with Crippen molar-refractivity contribution >= 4 is 47.3 Å². The van der Waals surface area contributed by atoms with E-state index in [-0.39, 0.29) is 5.56 Å². The Kier molecular flexibility index (Phi) is 7.46. The van der Waals surface area contributed by atoms with Gasteiger partial charge in [-0.1, -0.05) is 127 Å². The maximum Gasteiger partial charge on any atom is 0.327 e. The SMILES string of the molecule is O=S(=O)(c1ccccc1)C(F)([C@H](/C=C/c1ccc2ccccc2c1)c1ccc2ccccc2c1)S(=O)(=O)c1ccccc1. The minimum absolute atomic E-state index is 0.206. The van der Waals surface area contributed by atoms with Gasteiger partial charge in [0.2, 0.25) is 19.7 Å². The van der Waals surface area contributed by atoms with E-state index in [4.69, 9.17) is 0 Å². The van der Waals surface area contributed by atoms with Crippen molar-refractivity contribution in [2.75, 3.05) is 0 Å². The molecule has 1 atom stereocenters. The lowest BCUT2D eigenvalue weighted by Gasteiger charge is -2.32. The van der Waals surface area contributed by atoms with Crippen LogP contribution in [0.25, 0.3) is 27.6 Å². The molecule has 0 N–H and O–H groups in total. The van der Waals surface area contributed by atoms with Crippen LogP contribution in [0.3, 0.4) is 0 Å². The van der Waals surface area contributed by atoms with Crippen LogP contribution in [0.4, 0.5) is 4.39 Å². The summed E-state index contributed by atoms with van der Waals surface area (Å²) >= 11 is 0. The lowest BCUT2D eigenvalue weighted by molar-refractivity contribution is 0.331. The molecule has 0 aliphatic rings. The largest absolute Gasteiger partial charge is 0.327 e. The molecule has 0 fully saturated rings. The third-order valence-corrected chi connectivity index (χ3v) is 12.7. The third-order valence-electron chi connectivity index (χ3n) is 7.60. The number of sulfone groups is 2. The van der Waals surface area contributed by atoms with E-state index >= 15 is 4.39 Å². The summed E-state index contributed by atoms with van der Waals surface area (Å²) < 4.78 is 71.8. The minimum atomic E-state index is -5.15. The van der Waals surface area contributed by atoms with Crippen LogP contribution < -0.4 is 0 Å². The van der Waals surface area contributed by atoms with Gasteiger partial charge in [0.25, 0.3) is 0 Å². The molecule has 0 spiro atoms. The van der Waals surface area contributed by atoms with Crippen LogP contribution >= 0.6 is 0 Å². The number of halogens is 1. The van der Waals surface area contributed by atoms with Crippen LogP contribution in [0, 0.1) is 0 Å². The molecule has 0 unspecified atom stereocenters. The normalized spacial score (nSPS) is 13.4. The number of fused-ring (bicyclic) bond motifs is 2. The monoisotopic (exact) mass is 606 g/mol. The van der Waals surface area contributed by atoms with Crippen molar-refractivity contribution in [2.24, 2.45) is 0 Å². The average molecular weight is 607 g/mol. The first-order chi connectivity index (χ1) is 20.7. The number of alkyl halides is 1. The number of hydrogen-bond donors (Lipinski definition) is 0. The topological polar surface area (TPSA) is 68.3 Å². The van der Waals surface area contributed by atoms with Gasteiger partial charge in [0.05, 0.1) is 15.7 Å². The first kappa shape index (κ1) is 28.5. The molecule has 0 saturated heterocycles. The molecule has 6 aromatic rings. The second-order valence-corrected chi connectivity index (χ2v) is 14.7. The summed E-state index contributed by atoms with van der Waals surface area (Å²) in [5.41, 5.74) is 0.873. The highest BCUT2D eigenvalue weighted by Crippen LogP contribution is 2.48. The van der Waals surface area contributed by atoms with Crippen molar-refractivity contribution in [2.45, 2.75) is 20.0 Å². The van der Waals surface area contributed by atoms with Gasteiger partial charge < -0.3 is 0 Å². The smallest absolute Gasteiger partial charge is 0.219 e. The van der Waals surface area contributed by atoms with Gasteiger partial charge >= 0.3 is 4.33 Å². The Labute approximate surface area is 250 Å². The molecule has 0 aliphatic carbocycles. The first-order valence-electron chi connectivity index (χ1n) is 13.7. The Hall–Kier alpha value is -4.59. The fourth-order valence-electron chi connectivity index (χ4n) is 5.34. The molecule has 0 heterocycles. The quantitative estimate of drug-likeness (QED) is 0.175. The van der Waals surface area contributed by atoms with E-state index in [1.165, 1.54) is 54.6 Å². The van der Waals surface area contributed by atoms with Crippen molar-refractivity contribution in [3.05, 3.63) is 163 Å². The van der Waals surface area contributed by atoms with Gasteiger partial charge in [-0.2, -0.15) is 0 Å². The van der Waals surface area contributed by atoms with Gasteiger partial charge in [-0.05, 0) is 63.0 Å². The van der Waals surface area contributed by atoms with Crippen LogP contribution in [0.1, 0.15) is 17.0 Å². The summed E-state index contributed by atoms with van der Waals surface area (Å²) in [6, 6.07) is 39.5. The van der Waals surface area contributed by atoms with E-state index in [0.29, 0.717) is 5.56 Å². The van der Waals surface area contributed by atoms with Crippen molar-refractivity contribution in [1.82, 2.24) is 0 Å². The number of allylic oxidation sites excluding steroid dienone is 1. The predicted octanol–water partition coefficient (Wildman–Crippen LogP) is 8.36. The summed E-state index contributed by atoms with van der Waals surface area (Å²) in [7, 11) is -10.3. The zero-order valence-electron chi connectivity index (χ0n) is 22.9. The molecular formula is C36H27FO4S2.